The Morgan fingerprint density at radius 1 is 1.07 bits per heavy atom. The largest absolute Gasteiger partial charge is 0.453 e. The number of ketones is 1. The molecule has 144 valence electrons. The molecule has 0 aliphatic rings. The SMILES string of the molecule is CCc1ccc(C(=O)C(C)OC(=O)Cn2nnc(-c3ccc(C)cc3)n2)cc1. The van der Waals surface area contributed by atoms with Gasteiger partial charge in [0.25, 0.3) is 0 Å². The molecule has 1 unspecified atom stereocenters. The predicted molar refractivity (Wildman–Crippen MR) is 104 cm³/mol. The second-order valence-electron chi connectivity index (χ2n) is 6.56. The second-order valence-corrected chi connectivity index (χ2v) is 6.56. The highest BCUT2D eigenvalue weighted by molar-refractivity contribution is 6.00. The first-order chi connectivity index (χ1) is 13.5. The van der Waals surface area contributed by atoms with Crippen LogP contribution in [0.2, 0.25) is 0 Å². The third-order valence-corrected chi connectivity index (χ3v) is 4.36. The van der Waals surface area contributed by atoms with Crippen molar-refractivity contribution in [1.29, 1.82) is 0 Å². The van der Waals surface area contributed by atoms with Crippen LogP contribution in [-0.2, 0) is 22.5 Å². The van der Waals surface area contributed by atoms with E-state index in [1.165, 1.54) is 0 Å². The molecule has 0 N–H and O–H groups in total. The molecular formula is C21H22N4O3. The summed E-state index contributed by atoms with van der Waals surface area (Å²) >= 11 is 0. The Morgan fingerprint density at radius 3 is 2.39 bits per heavy atom. The zero-order valence-electron chi connectivity index (χ0n) is 16.1. The monoisotopic (exact) mass is 378 g/mol. The number of hydrogen-bond donors (Lipinski definition) is 0. The molecule has 3 rings (SSSR count). The fraction of sp³-hybridized carbons (Fsp3) is 0.286. The average molecular weight is 378 g/mol. The van der Waals surface area contributed by atoms with Gasteiger partial charge in [-0.15, -0.1) is 10.2 Å². The van der Waals surface area contributed by atoms with E-state index >= 15 is 0 Å². The Kier molecular flexibility index (Phi) is 5.93. The Balaban J connectivity index is 1.58. The number of ether oxygens (including phenoxy) is 1. The lowest BCUT2D eigenvalue weighted by Gasteiger charge is -2.12. The third-order valence-electron chi connectivity index (χ3n) is 4.36. The van der Waals surface area contributed by atoms with E-state index in [-0.39, 0.29) is 12.3 Å². The van der Waals surface area contributed by atoms with E-state index in [2.05, 4.69) is 15.4 Å². The molecule has 7 nitrogen and oxygen atoms in total. The summed E-state index contributed by atoms with van der Waals surface area (Å²) in [7, 11) is 0. The lowest BCUT2D eigenvalue weighted by atomic mass is 10.0. The van der Waals surface area contributed by atoms with Crippen molar-refractivity contribution in [2.45, 2.75) is 39.8 Å². The topological polar surface area (TPSA) is 87.0 Å². The molecule has 0 bridgehead atoms. The molecule has 3 aromatic rings. The minimum atomic E-state index is -0.889. The Bertz CT molecular complexity index is 962. The summed E-state index contributed by atoms with van der Waals surface area (Å²) in [5, 5.41) is 12.0. The zero-order chi connectivity index (χ0) is 20.1. The van der Waals surface area contributed by atoms with Crippen LogP contribution in [0.25, 0.3) is 11.4 Å². The number of rotatable bonds is 7. The molecule has 0 aliphatic carbocycles. The Hall–Kier alpha value is -3.35. The molecule has 0 amide bonds. The maximum absolute atomic E-state index is 12.4. The number of nitrogens with zero attached hydrogens (tertiary/aromatic N) is 4. The molecule has 1 heterocycles. The number of carbonyl (C=O) groups is 2. The second kappa shape index (κ2) is 8.56. The third kappa shape index (κ3) is 4.68. The fourth-order valence-electron chi connectivity index (χ4n) is 2.67. The summed E-state index contributed by atoms with van der Waals surface area (Å²) in [5.41, 5.74) is 3.59. The van der Waals surface area contributed by atoms with Crippen LogP contribution < -0.4 is 0 Å². The summed E-state index contributed by atoms with van der Waals surface area (Å²) in [6, 6.07) is 15.0. The van der Waals surface area contributed by atoms with Crippen molar-refractivity contribution in [3.63, 3.8) is 0 Å². The number of tetrazole rings is 1. The van der Waals surface area contributed by atoms with Crippen LogP contribution in [0.4, 0.5) is 0 Å². The van der Waals surface area contributed by atoms with Gasteiger partial charge in [-0.3, -0.25) is 4.79 Å². The zero-order valence-corrected chi connectivity index (χ0v) is 16.1. The minimum absolute atomic E-state index is 0.217. The molecule has 0 saturated carbocycles. The van der Waals surface area contributed by atoms with E-state index in [9.17, 15) is 9.59 Å². The molecule has 1 atom stereocenters. The van der Waals surface area contributed by atoms with Crippen LogP contribution in [0, 0.1) is 6.92 Å². The number of aryl methyl sites for hydroxylation is 2. The van der Waals surface area contributed by atoms with Crippen LogP contribution in [0.1, 0.15) is 35.3 Å². The Morgan fingerprint density at radius 2 is 1.75 bits per heavy atom. The van der Waals surface area contributed by atoms with Crippen LogP contribution in [-0.4, -0.2) is 38.1 Å². The molecule has 0 saturated heterocycles. The molecule has 1 aromatic heterocycles. The molecule has 0 radical (unpaired) electrons. The molecule has 0 aliphatic heterocycles. The molecule has 0 spiro atoms. The van der Waals surface area contributed by atoms with Gasteiger partial charge in [0.15, 0.2) is 12.6 Å². The molecule has 28 heavy (non-hydrogen) atoms. The number of hydrogen-bond acceptors (Lipinski definition) is 6. The van der Waals surface area contributed by atoms with Gasteiger partial charge in [0.2, 0.25) is 11.6 Å². The van der Waals surface area contributed by atoms with E-state index in [4.69, 9.17) is 4.74 Å². The summed E-state index contributed by atoms with van der Waals surface area (Å²) in [4.78, 5) is 25.7. The predicted octanol–water partition coefficient (Wildman–Crippen LogP) is 3.03. The average Bonchev–Trinajstić information content (AvgIpc) is 3.16. The van der Waals surface area contributed by atoms with E-state index in [1.807, 2.05) is 50.2 Å². The van der Waals surface area contributed by atoms with Crippen molar-refractivity contribution in [3.8, 4) is 11.4 Å². The number of carbonyl (C=O) groups excluding carboxylic acids is 2. The number of Topliss-reactive ketones (excluding diaryl/α,β-unsaturated/α-hetero) is 1. The van der Waals surface area contributed by atoms with Gasteiger partial charge in [-0.2, -0.15) is 4.80 Å². The highest BCUT2D eigenvalue weighted by Gasteiger charge is 2.20. The highest BCUT2D eigenvalue weighted by atomic mass is 16.5. The van der Waals surface area contributed by atoms with Gasteiger partial charge in [0.05, 0.1) is 0 Å². The van der Waals surface area contributed by atoms with Gasteiger partial charge >= 0.3 is 5.97 Å². The summed E-state index contributed by atoms with van der Waals surface area (Å²) < 4.78 is 5.24. The highest BCUT2D eigenvalue weighted by Crippen LogP contribution is 2.14. The maximum Gasteiger partial charge on any atom is 0.330 e. The standard InChI is InChI=1S/C21H22N4O3/c1-4-16-7-11-17(12-8-16)20(27)15(3)28-19(26)13-25-23-21(22-24-25)18-9-5-14(2)6-10-18/h5-12,15H,4,13H2,1-3H3. The van der Waals surface area contributed by atoms with Crippen molar-refractivity contribution in [1.82, 2.24) is 20.2 Å². The number of aromatic nitrogens is 4. The number of esters is 1. The fourth-order valence-corrected chi connectivity index (χ4v) is 2.67. The minimum Gasteiger partial charge on any atom is -0.453 e. The first kappa shape index (κ1) is 19.4. The van der Waals surface area contributed by atoms with Gasteiger partial charge in [-0.1, -0.05) is 61.0 Å². The Labute approximate surface area is 163 Å². The van der Waals surface area contributed by atoms with Gasteiger partial charge < -0.3 is 4.74 Å². The smallest absolute Gasteiger partial charge is 0.330 e. The summed E-state index contributed by atoms with van der Waals surface area (Å²) in [6.45, 7) is 5.38. The molecular weight excluding hydrogens is 356 g/mol. The van der Waals surface area contributed by atoms with Crippen LogP contribution in [0.15, 0.2) is 48.5 Å². The van der Waals surface area contributed by atoms with E-state index in [0.29, 0.717) is 11.4 Å². The van der Waals surface area contributed by atoms with Gasteiger partial charge in [0, 0.05) is 11.1 Å². The van der Waals surface area contributed by atoms with Crippen LogP contribution >= 0.6 is 0 Å². The molecule has 0 fully saturated rings. The first-order valence-electron chi connectivity index (χ1n) is 9.13. The van der Waals surface area contributed by atoms with E-state index in [1.54, 1.807) is 19.1 Å². The lowest BCUT2D eigenvalue weighted by Crippen LogP contribution is -2.27. The number of benzene rings is 2. The van der Waals surface area contributed by atoms with Gasteiger partial charge in [-0.05, 0) is 31.0 Å². The maximum atomic E-state index is 12.4. The first-order valence-corrected chi connectivity index (χ1v) is 9.13. The van der Waals surface area contributed by atoms with Crippen molar-refractivity contribution in [2.24, 2.45) is 0 Å². The normalized spacial score (nSPS) is 11.8. The van der Waals surface area contributed by atoms with Gasteiger partial charge in [-0.25, -0.2) is 4.79 Å². The van der Waals surface area contributed by atoms with E-state index < -0.39 is 12.1 Å². The van der Waals surface area contributed by atoms with Crippen LogP contribution in [0.3, 0.4) is 0 Å². The van der Waals surface area contributed by atoms with E-state index in [0.717, 1.165) is 27.9 Å². The van der Waals surface area contributed by atoms with Crippen molar-refractivity contribution >= 4 is 11.8 Å². The quantitative estimate of drug-likeness (QED) is 0.464. The lowest BCUT2D eigenvalue weighted by molar-refractivity contribution is -0.147. The van der Waals surface area contributed by atoms with Gasteiger partial charge in [0.1, 0.15) is 0 Å². The molecule has 7 heteroatoms. The van der Waals surface area contributed by atoms with Crippen LogP contribution in [0.5, 0.6) is 0 Å². The van der Waals surface area contributed by atoms with Crippen molar-refractivity contribution in [2.75, 3.05) is 0 Å². The van der Waals surface area contributed by atoms with Crippen molar-refractivity contribution < 1.29 is 14.3 Å². The summed E-state index contributed by atoms with van der Waals surface area (Å²) in [5.74, 6) is -0.422. The van der Waals surface area contributed by atoms with Crippen molar-refractivity contribution in [3.05, 3.63) is 65.2 Å². The molecule has 2 aromatic carbocycles. The summed E-state index contributed by atoms with van der Waals surface area (Å²) in [6.07, 6.45) is 0.00849.